The number of benzene rings is 1. The van der Waals surface area contributed by atoms with Gasteiger partial charge in [-0.2, -0.15) is 0 Å². The molecule has 96 valence electrons. The summed E-state index contributed by atoms with van der Waals surface area (Å²) in [5.41, 5.74) is 1.08. The SMILES string of the molecule is COc1ccc(F)cc1C(O)c1cc(Br)sc1Br. The summed E-state index contributed by atoms with van der Waals surface area (Å²) in [4.78, 5) is 0. The highest BCUT2D eigenvalue weighted by Gasteiger charge is 2.20. The van der Waals surface area contributed by atoms with Gasteiger partial charge in [0.2, 0.25) is 0 Å². The third-order valence-electron chi connectivity index (χ3n) is 2.46. The van der Waals surface area contributed by atoms with Crippen molar-refractivity contribution in [3.05, 3.63) is 48.8 Å². The molecule has 0 amide bonds. The smallest absolute Gasteiger partial charge is 0.125 e. The molecule has 1 unspecified atom stereocenters. The van der Waals surface area contributed by atoms with Crippen LogP contribution in [0.4, 0.5) is 4.39 Å². The topological polar surface area (TPSA) is 29.5 Å². The van der Waals surface area contributed by atoms with Crippen molar-refractivity contribution in [1.82, 2.24) is 0 Å². The lowest BCUT2D eigenvalue weighted by Crippen LogP contribution is -2.02. The van der Waals surface area contributed by atoms with Crippen LogP contribution in [-0.2, 0) is 0 Å². The van der Waals surface area contributed by atoms with E-state index in [4.69, 9.17) is 4.74 Å². The molecule has 1 heterocycles. The minimum absolute atomic E-state index is 0.406. The Balaban J connectivity index is 2.48. The fourth-order valence-electron chi connectivity index (χ4n) is 1.63. The van der Waals surface area contributed by atoms with Crippen LogP contribution >= 0.6 is 43.2 Å². The molecular formula is C12H9Br2FO2S. The van der Waals surface area contributed by atoms with E-state index in [-0.39, 0.29) is 0 Å². The van der Waals surface area contributed by atoms with E-state index in [2.05, 4.69) is 31.9 Å². The van der Waals surface area contributed by atoms with Gasteiger partial charge in [0.1, 0.15) is 17.7 Å². The van der Waals surface area contributed by atoms with E-state index in [1.54, 1.807) is 6.07 Å². The van der Waals surface area contributed by atoms with Crippen LogP contribution in [0.1, 0.15) is 17.2 Å². The predicted octanol–water partition coefficient (Wildman–Crippen LogP) is 4.50. The second kappa shape index (κ2) is 5.69. The van der Waals surface area contributed by atoms with Gasteiger partial charge in [-0.15, -0.1) is 11.3 Å². The van der Waals surface area contributed by atoms with Gasteiger partial charge in [-0.3, -0.25) is 0 Å². The number of thiophene rings is 1. The number of halogens is 3. The molecule has 1 aromatic heterocycles. The molecule has 2 rings (SSSR count). The number of hydrogen-bond donors (Lipinski definition) is 1. The van der Waals surface area contributed by atoms with Crippen molar-refractivity contribution >= 4 is 43.2 Å². The van der Waals surface area contributed by atoms with Crippen LogP contribution in [0.15, 0.2) is 31.8 Å². The second-order valence-corrected chi connectivity index (χ2v) is 7.32. The molecule has 18 heavy (non-hydrogen) atoms. The van der Waals surface area contributed by atoms with Crippen LogP contribution in [0, 0.1) is 5.82 Å². The van der Waals surface area contributed by atoms with Crippen molar-refractivity contribution in [1.29, 1.82) is 0 Å². The van der Waals surface area contributed by atoms with Crippen LogP contribution in [0.5, 0.6) is 5.75 Å². The predicted molar refractivity (Wildman–Crippen MR) is 76.7 cm³/mol. The molecule has 0 aliphatic heterocycles. The molecule has 0 fully saturated rings. The first kappa shape index (κ1) is 14.0. The van der Waals surface area contributed by atoms with Crippen molar-refractivity contribution in [2.24, 2.45) is 0 Å². The summed E-state index contributed by atoms with van der Waals surface area (Å²) in [6.07, 6.45) is -0.937. The van der Waals surface area contributed by atoms with Crippen LogP contribution in [0.2, 0.25) is 0 Å². The van der Waals surface area contributed by atoms with Crippen LogP contribution in [0.25, 0.3) is 0 Å². The molecule has 0 bridgehead atoms. The van der Waals surface area contributed by atoms with Gasteiger partial charge in [0.05, 0.1) is 14.7 Å². The van der Waals surface area contributed by atoms with E-state index in [1.165, 1.54) is 36.6 Å². The first-order valence-corrected chi connectivity index (χ1v) is 7.39. The molecule has 2 nitrogen and oxygen atoms in total. The Bertz CT molecular complexity index is 571. The number of aliphatic hydroxyl groups is 1. The normalized spacial score (nSPS) is 12.5. The largest absolute Gasteiger partial charge is 0.496 e. The van der Waals surface area contributed by atoms with Gasteiger partial charge >= 0.3 is 0 Å². The van der Waals surface area contributed by atoms with Crippen molar-refractivity contribution in [2.45, 2.75) is 6.10 Å². The minimum Gasteiger partial charge on any atom is -0.496 e. The quantitative estimate of drug-likeness (QED) is 0.828. The fourth-order valence-corrected chi connectivity index (χ4v) is 4.51. The maximum Gasteiger partial charge on any atom is 0.125 e. The highest BCUT2D eigenvalue weighted by molar-refractivity contribution is 9.12. The van der Waals surface area contributed by atoms with Gasteiger partial charge in [0.25, 0.3) is 0 Å². The van der Waals surface area contributed by atoms with Gasteiger partial charge in [-0.1, -0.05) is 0 Å². The lowest BCUT2D eigenvalue weighted by Gasteiger charge is -2.14. The minimum atomic E-state index is -0.937. The summed E-state index contributed by atoms with van der Waals surface area (Å²) < 4.78 is 20.1. The Morgan fingerprint density at radius 1 is 1.28 bits per heavy atom. The lowest BCUT2D eigenvalue weighted by atomic mass is 10.0. The lowest BCUT2D eigenvalue weighted by molar-refractivity contribution is 0.214. The Hall–Kier alpha value is -0.430. The third kappa shape index (κ3) is 2.77. The van der Waals surface area contributed by atoms with Gasteiger partial charge in [0.15, 0.2) is 0 Å². The molecule has 1 N–H and O–H groups in total. The van der Waals surface area contributed by atoms with Gasteiger partial charge < -0.3 is 9.84 Å². The molecule has 0 aliphatic rings. The van der Waals surface area contributed by atoms with Gasteiger partial charge in [-0.25, -0.2) is 4.39 Å². The van der Waals surface area contributed by atoms with E-state index in [1.807, 2.05) is 0 Å². The summed E-state index contributed by atoms with van der Waals surface area (Å²) in [6.45, 7) is 0. The molecule has 0 saturated carbocycles. The monoisotopic (exact) mass is 394 g/mol. The average molecular weight is 396 g/mol. The van der Waals surface area contributed by atoms with E-state index in [9.17, 15) is 9.50 Å². The molecule has 6 heteroatoms. The summed E-state index contributed by atoms with van der Waals surface area (Å²) in [7, 11) is 1.49. The average Bonchev–Trinajstić information content (AvgIpc) is 2.67. The van der Waals surface area contributed by atoms with Crippen LogP contribution in [-0.4, -0.2) is 12.2 Å². The van der Waals surface area contributed by atoms with Crippen LogP contribution in [0.3, 0.4) is 0 Å². The maximum absolute atomic E-state index is 13.3. The number of ether oxygens (including phenoxy) is 1. The number of hydrogen-bond acceptors (Lipinski definition) is 3. The van der Waals surface area contributed by atoms with E-state index < -0.39 is 11.9 Å². The maximum atomic E-state index is 13.3. The van der Waals surface area contributed by atoms with Crippen molar-refractivity contribution in [2.75, 3.05) is 7.11 Å². The Kier molecular flexibility index (Phi) is 4.42. The van der Waals surface area contributed by atoms with Crippen molar-refractivity contribution in [3.63, 3.8) is 0 Å². The van der Waals surface area contributed by atoms with Crippen LogP contribution < -0.4 is 4.74 Å². The number of methoxy groups -OCH3 is 1. The van der Waals surface area contributed by atoms with E-state index in [0.29, 0.717) is 16.9 Å². The molecular weight excluding hydrogens is 387 g/mol. The molecule has 2 aromatic rings. The zero-order valence-corrected chi connectivity index (χ0v) is 13.3. The molecule has 1 aromatic carbocycles. The Morgan fingerprint density at radius 3 is 2.56 bits per heavy atom. The van der Waals surface area contributed by atoms with Crippen molar-refractivity contribution < 1.29 is 14.2 Å². The zero-order chi connectivity index (χ0) is 13.3. The van der Waals surface area contributed by atoms with E-state index in [0.717, 1.165) is 7.57 Å². The first-order valence-electron chi connectivity index (χ1n) is 4.99. The summed E-state index contributed by atoms with van der Waals surface area (Å²) in [5.74, 6) is 0.0494. The second-order valence-electron chi connectivity index (χ2n) is 3.57. The zero-order valence-electron chi connectivity index (χ0n) is 9.28. The first-order chi connectivity index (χ1) is 8.52. The van der Waals surface area contributed by atoms with Crippen molar-refractivity contribution in [3.8, 4) is 5.75 Å². The van der Waals surface area contributed by atoms with Gasteiger partial charge in [-0.05, 0) is 56.1 Å². The number of rotatable bonds is 3. The Labute approximate surface area is 125 Å². The highest BCUT2D eigenvalue weighted by atomic mass is 79.9. The summed E-state index contributed by atoms with van der Waals surface area (Å²) >= 11 is 8.17. The molecule has 1 atom stereocenters. The third-order valence-corrected chi connectivity index (χ3v) is 4.85. The molecule has 0 saturated heterocycles. The molecule has 0 spiro atoms. The standard InChI is InChI=1S/C12H9Br2FO2S/c1-17-9-3-2-6(15)4-7(9)11(16)8-5-10(13)18-12(8)14/h2-5,11,16H,1H3. The Morgan fingerprint density at radius 2 is 2.00 bits per heavy atom. The number of aliphatic hydroxyl groups excluding tert-OH is 1. The highest BCUT2D eigenvalue weighted by Crippen LogP contribution is 2.40. The van der Waals surface area contributed by atoms with E-state index >= 15 is 0 Å². The van der Waals surface area contributed by atoms with Gasteiger partial charge in [0, 0.05) is 11.1 Å². The molecule has 0 aliphatic carbocycles. The molecule has 0 radical (unpaired) electrons. The summed E-state index contributed by atoms with van der Waals surface area (Å²) in [6, 6.07) is 5.88. The fraction of sp³-hybridized carbons (Fsp3) is 0.167. The summed E-state index contributed by atoms with van der Waals surface area (Å²) in [5, 5.41) is 10.3.